The first-order valence-electron chi connectivity index (χ1n) is 6.81. The van der Waals surface area contributed by atoms with E-state index in [0.717, 1.165) is 16.4 Å². The van der Waals surface area contributed by atoms with E-state index in [0.29, 0.717) is 11.4 Å². The van der Waals surface area contributed by atoms with Crippen molar-refractivity contribution < 1.29 is 18.1 Å². The molecule has 0 bridgehead atoms. The molecular formula is C12H15N5O5S2. The second-order valence-corrected chi connectivity index (χ2v) is 7.32. The van der Waals surface area contributed by atoms with Gasteiger partial charge in [-0.15, -0.1) is 0 Å². The number of amides is 1. The zero-order chi connectivity index (χ0) is 18.1. The van der Waals surface area contributed by atoms with Crippen molar-refractivity contribution in [2.75, 3.05) is 6.54 Å². The van der Waals surface area contributed by atoms with Crippen LogP contribution < -0.4 is 11.6 Å². The summed E-state index contributed by atoms with van der Waals surface area (Å²) in [5.41, 5.74) is 4.73. The number of hydrazine groups is 1. The van der Waals surface area contributed by atoms with Gasteiger partial charge >= 0.3 is 0 Å². The molecule has 130 valence electrons. The van der Waals surface area contributed by atoms with Crippen LogP contribution >= 0.6 is 12.2 Å². The Kier molecular flexibility index (Phi) is 5.13. The van der Waals surface area contributed by atoms with Gasteiger partial charge in [0.15, 0.2) is 10.0 Å². The lowest BCUT2D eigenvalue weighted by molar-refractivity contribution is -0.387. The van der Waals surface area contributed by atoms with Crippen molar-refractivity contribution >= 4 is 38.9 Å². The fourth-order valence-electron chi connectivity index (χ4n) is 2.50. The Morgan fingerprint density at radius 2 is 2.04 bits per heavy atom. The number of sulfonamides is 1. The van der Waals surface area contributed by atoms with E-state index >= 15 is 0 Å². The first kappa shape index (κ1) is 18.2. The lowest BCUT2D eigenvalue weighted by Gasteiger charge is -2.26. The van der Waals surface area contributed by atoms with Crippen LogP contribution in [-0.2, 0) is 14.8 Å². The van der Waals surface area contributed by atoms with Gasteiger partial charge in [-0.1, -0.05) is 12.1 Å². The monoisotopic (exact) mass is 373 g/mol. The molecule has 0 saturated carbocycles. The van der Waals surface area contributed by atoms with E-state index in [4.69, 9.17) is 11.6 Å². The summed E-state index contributed by atoms with van der Waals surface area (Å²) in [6, 6.07) is 3.83. The van der Waals surface area contributed by atoms with Crippen molar-refractivity contribution in [1.82, 2.24) is 9.31 Å². The van der Waals surface area contributed by atoms with Gasteiger partial charge in [0, 0.05) is 12.6 Å². The fraction of sp³-hybridized carbons (Fsp3) is 0.333. The fourth-order valence-corrected chi connectivity index (χ4v) is 4.40. The number of benzene rings is 1. The molecule has 1 amide bonds. The summed E-state index contributed by atoms with van der Waals surface area (Å²) in [5, 5.41) is 11.2. The van der Waals surface area contributed by atoms with Crippen LogP contribution in [-0.4, -0.2) is 46.3 Å². The zero-order valence-corrected chi connectivity index (χ0v) is 14.0. The molecule has 0 aliphatic carbocycles. The van der Waals surface area contributed by atoms with Crippen LogP contribution in [0.2, 0.25) is 0 Å². The van der Waals surface area contributed by atoms with E-state index < -0.39 is 42.6 Å². The standard InChI is InChI=1S/C12H15N5O5S2/c13-12(23)16(14)11(18)9-5-3-7-15(9)24(21,22)10-6-2-1-4-8(10)17(19)20/h1-2,4,6,9H,3,5,7,14H2,(H2,13,23)/t9-/m1/s1. The number of carbonyl (C=O) groups is 1. The average Bonchev–Trinajstić information content (AvgIpc) is 3.03. The van der Waals surface area contributed by atoms with Crippen molar-refractivity contribution in [2.45, 2.75) is 23.8 Å². The predicted octanol–water partition coefficient (Wildman–Crippen LogP) is -0.306. The minimum atomic E-state index is -4.26. The Labute approximate surface area is 143 Å². The van der Waals surface area contributed by atoms with Crippen molar-refractivity contribution in [3.63, 3.8) is 0 Å². The van der Waals surface area contributed by atoms with Crippen LogP contribution in [0, 0.1) is 10.1 Å². The van der Waals surface area contributed by atoms with Crippen LogP contribution in [0.25, 0.3) is 0 Å². The summed E-state index contributed by atoms with van der Waals surface area (Å²) >= 11 is 4.61. The Morgan fingerprint density at radius 3 is 2.62 bits per heavy atom. The molecule has 1 heterocycles. The van der Waals surface area contributed by atoms with Crippen molar-refractivity contribution in [3.8, 4) is 0 Å². The average molecular weight is 373 g/mol. The lowest BCUT2D eigenvalue weighted by Crippen LogP contribution is -2.54. The molecule has 0 radical (unpaired) electrons. The van der Waals surface area contributed by atoms with Gasteiger partial charge in [-0.05, 0) is 31.1 Å². The summed E-state index contributed by atoms with van der Waals surface area (Å²) < 4.78 is 26.5. The molecule has 1 aromatic carbocycles. The van der Waals surface area contributed by atoms with Gasteiger partial charge in [0.05, 0.1) is 4.92 Å². The Balaban J connectivity index is 2.44. The van der Waals surface area contributed by atoms with E-state index in [1.165, 1.54) is 12.1 Å². The predicted molar refractivity (Wildman–Crippen MR) is 87.8 cm³/mol. The van der Waals surface area contributed by atoms with Gasteiger partial charge in [-0.2, -0.15) is 4.31 Å². The Bertz CT molecular complexity index is 797. The molecule has 24 heavy (non-hydrogen) atoms. The number of hydrogen-bond acceptors (Lipinski definition) is 7. The summed E-state index contributed by atoms with van der Waals surface area (Å²) in [5.74, 6) is 4.67. The second-order valence-electron chi connectivity index (χ2n) is 5.05. The SMILES string of the molecule is NC(=S)N(N)C(=O)[C@H]1CCCN1S(=O)(=O)c1ccccc1[N+](=O)[O-]. The Morgan fingerprint density at radius 1 is 1.42 bits per heavy atom. The molecule has 1 aliphatic heterocycles. The van der Waals surface area contributed by atoms with Crippen LogP contribution in [0.15, 0.2) is 29.2 Å². The van der Waals surface area contributed by atoms with E-state index in [1.807, 2.05) is 0 Å². The molecule has 1 atom stereocenters. The highest BCUT2D eigenvalue weighted by atomic mass is 32.2. The zero-order valence-electron chi connectivity index (χ0n) is 12.4. The number of nitrogens with two attached hydrogens (primary N) is 2. The third-order valence-corrected chi connectivity index (χ3v) is 5.76. The van der Waals surface area contributed by atoms with Gasteiger partial charge in [0.2, 0.25) is 0 Å². The van der Waals surface area contributed by atoms with E-state index in [2.05, 4.69) is 12.2 Å². The number of rotatable bonds is 4. The van der Waals surface area contributed by atoms with Gasteiger partial charge in [0.25, 0.3) is 21.6 Å². The summed E-state index contributed by atoms with van der Waals surface area (Å²) in [4.78, 5) is 22.1. The van der Waals surface area contributed by atoms with Crippen LogP contribution in [0.1, 0.15) is 12.8 Å². The first-order valence-corrected chi connectivity index (χ1v) is 8.66. The number of para-hydroxylation sites is 1. The van der Waals surface area contributed by atoms with Crippen LogP contribution in [0.5, 0.6) is 0 Å². The number of nitrogens with zero attached hydrogens (tertiary/aromatic N) is 3. The highest BCUT2D eigenvalue weighted by molar-refractivity contribution is 7.89. The molecule has 4 N–H and O–H groups in total. The van der Waals surface area contributed by atoms with E-state index in [1.54, 1.807) is 0 Å². The Hall–Kier alpha value is -2.15. The quantitative estimate of drug-likeness (QED) is 0.240. The van der Waals surface area contributed by atoms with Crippen molar-refractivity contribution in [1.29, 1.82) is 0 Å². The number of nitro benzene ring substituents is 1. The molecule has 0 spiro atoms. The van der Waals surface area contributed by atoms with Gasteiger partial charge in [-0.3, -0.25) is 14.9 Å². The number of nitro groups is 1. The van der Waals surface area contributed by atoms with Gasteiger partial charge in [-0.25, -0.2) is 19.3 Å². The van der Waals surface area contributed by atoms with Crippen LogP contribution in [0.3, 0.4) is 0 Å². The molecule has 1 fully saturated rings. The third-order valence-electron chi connectivity index (χ3n) is 3.61. The topological polar surface area (TPSA) is 153 Å². The molecule has 0 aromatic heterocycles. The molecule has 1 aromatic rings. The maximum absolute atomic E-state index is 12.8. The maximum atomic E-state index is 12.8. The second kappa shape index (κ2) is 6.76. The molecule has 1 aliphatic rings. The molecular weight excluding hydrogens is 358 g/mol. The summed E-state index contributed by atoms with van der Waals surface area (Å²) in [7, 11) is -4.26. The van der Waals surface area contributed by atoms with Crippen molar-refractivity contribution in [2.24, 2.45) is 11.6 Å². The number of hydrogen-bond donors (Lipinski definition) is 2. The normalized spacial score (nSPS) is 18.3. The largest absolute Gasteiger partial charge is 0.375 e. The van der Waals surface area contributed by atoms with Crippen molar-refractivity contribution in [3.05, 3.63) is 34.4 Å². The minimum Gasteiger partial charge on any atom is -0.375 e. The first-order chi connectivity index (χ1) is 11.2. The molecule has 1 saturated heterocycles. The summed E-state index contributed by atoms with van der Waals surface area (Å²) in [6.07, 6.45) is 0.621. The minimum absolute atomic E-state index is 0.0377. The van der Waals surface area contributed by atoms with E-state index in [-0.39, 0.29) is 13.0 Å². The number of carbonyl (C=O) groups excluding carboxylic acids is 1. The summed E-state index contributed by atoms with van der Waals surface area (Å²) in [6.45, 7) is 0.0377. The van der Waals surface area contributed by atoms with Crippen LogP contribution in [0.4, 0.5) is 5.69 Å². The highest BCUT2D eigenvalue weighted by Gasteiger charge is 2.43. The van der Waals surface area contributed by atoms with Gasteiger partial charge in [0.1, 0.15) is 6.04 Å². The third kappa shape index (κ3) is 3.21. The molecule has 10 nitrogen and oxygen atoms in total. The lowest BCUT2D eigenvalue weighted by atomic mass is 10.2. The maximum Gasteiger partial charge on any atom is 0.289 e. The highest BCUT2D eigenvalue weighted by Crippen LogP contribution is 2.31. The van der Waals surface area contributed by atoms with Gasteiger partial charge < -0.3 is 5.73 Å². The smallest absolute Gasteiger partial charge is 0.289 e. The van der Waals surface area contributed by atoms with E-state index in [9.17, 15) is 23.3 Å². The molecule has 2 rings (SSSR count). The number of thiocarbonyl (C=S) groups is 1. The molecule has 12 heteroatoms. The molecule has 0 unspecified atom stereocenters.